The molecule has 3 rings (SSSR count). The van der Waals surface area contributed by atoms with E-state index in [0.717, 1.165) is 11.3 Å². The molecule has 0 spiro atoms. The van der Waals surface area contributed by atoms with E-state index in [0.29, 0.717) is 22.9 Å². The van der Waals surface area contributed by atoms with Gasteiger partial charge >= 0.3 is 0 Å². The molecule has 4 nitrogen and oxygen atoms in total. The number of amides is 2. The summed E-state index contributed by atoms with van der Waals surface area (Å²) in [5, 5.41) is 5.14. The van der Waals surface area contributed by atoms with Gasteiger partial charge < -0.3 is 10.2 Å². The normalized spacial score (nSPS) is 19.8. The number of thioether (sulfide) groups is 1. The van der Waals surface area contributed by atoms with Gasteiger partial charge in [0.05, 0.1) is 10.6 Å². The fourth-order valence-electron chi connectivity index (χ4n) is 2.75. The lowest BCUT2D eigenvalue weighted by atomic mass is 10.1. The zero-order valence-electron chi connectivity index (χ0n) is 13.8. The van der Waals surface area contributed by atoms with Gasteiger partial charge in [-0.05, 0) is 30.0 Å². The van der Waals surface area contributed by atoms with Crippen molar-refractivity contribution in [3.8, 4) is 0 Å². The summed E-state index contributed by atoms with van der Waals surface area (Å²) in [5.74, 6) is 0.272. The number of nitrogens with one attached hydrogen (secondary N) is 1. The molecule has 1 aromatic heterocycles. The number of thiophene rings is 1. The van der Waals surface area contributed by atoms with Crippen LogP contribution in [-0.2, 0) is 4.79 Å². The number of rotatable bonds is 5. The topological polar surface area (TPSA) is 49.4 Å². The molecule has 2 aromatic rings. The predicted molar refractivity (Wildman–Crippen MR) is 104 cm³/mol. The van der Waals surface area contributed by atoms with Crippen LogP contribution in [0.15, 0.2) is 41.8 Å². The van der Waals surface area contributed by atoms with Crippen LogP contribution in [0, 0.1) is 0 Å². The minimum Gasteiger partial charge on any atom is -0.354 e. The Kier molecular flexibility index (Phi) is 6.04. The molecule has 7 heteroatoms. The predicted octanol–water partition coefficient (Wildman–Crippen LogP) is 4.18. The molecule has 2 unspecified atom stereocenters. The third-order valence-electron chi connectivity index (χ3n) is 3.98. The first-order chi connectivity index (χ1) is 12.1. The van der Waals surface area contributed by atoms with Gasteiger partial charge in [0.1, 0.15) is 11.4 Å². The lowest BCUT2D eigenvalue weighted by molar-refractivity contribution is -0.124. The van der Waals surface area contributed by atoms with Gasteiger partial charge in [0, 0.05) is 17.2 Å². The SMILES string of the molecule is CCCNC(=O)C1CSC(c2cccs2)N1C(=O)c1ccccc1Cl. The van der Waals surface area contributed by atoms with Crippen LogP contribution in [0.25, 0.3) is 0 Å². The summed E-state index contributed by atoms with van der Waals surface area (Å²) >= 11 is 9.44. The monoisotopic (exact) mass is 394 g/mol. The number of hydrogen-bond acceptors (Lipinski definition) is 4. The van der Waals surface area contributed by atoms with Gasteiger partial charge in [0.2, 0.25) is 5.91 Å². The van der Waals surface area contributed by atoms with E-state index in [1.165, 1.54) is 0 Å². The Balaban J connectivity index is 1.93. The molecule has 0 bridgehead atoms. The second-order valence-electron chi connectivity index (χ2n) is 5.70. The van der Waals surface area contributed by atoms with Crippen LogP contribution in [0.5, 0.6) is 0 Å². The first-order valence-electron chi connectivity index (χ1n) is 8.13. The summed E-state index contributed by atoms with van der Waals surface area (Å²) < 4.78 is 0. The first-order valence-corrected chi connectivity index (χ1v) is 10.4. The largest absolute Gasteiger partial charge is 0.354 e. The second-order valence-corrected chi connectivity index (χ2v) is 8.20. The van der Waals surface area contributed by atoms with Gasteiger partial charge in [0.15, 0.2) is 0 Å². The summed E-state index contributed by atoms with van der Waals surface area (Å²) in [4.78, 5) is 28.6. The number of halogens is 1. The zero-order valence-corrected chi connectivity index (χ0v) is 16.2. The molecule has 2 heterocycles. The molecule has 1 fully saturated rings. The fourth-order valence-corrected chi connectivity index (χ4v) is 5.36. The Labute approximate surface area is 160 Å². The number of nitrogens with zero attached hydrogens (tertiary/aromatic N) is 1. The molecule has 25 heavy (non-hydrogen) atoms. The summed E-state index contributed by atoms with van der Waals surface area (Å²) in [6, 6.07) is 10.5. The Bertz CT molecular complexity index is 751. The molecule has 0 radical (unpaired) electrons. The van der Waals surface area contributed by atoms with Crippen LogP contribution in [0.2, 0.25) is 5.02 Å². The average Bonchev–Trinajstić information content (AvgIpc) is 3.28. The Morgan fingerprint density at radius 2 is 2.08 bits per heavy atom. The van der Waals surface area contributed by atoms with Crippen molar-refractivity contribution < 1.29 is 9.59 Å². The summed E-state index contributed by atoms with van der Waals surface area (Å²) in [5.41, 5.74) is 0.432. The van der Waals surface area contributed by atoms with Crippen molar-refractivity contribution in [1.82, 2.24) is 10.2 Å². The highest BCUT2D eigenvalue weighted by Crippen LogP contribution is 2.44. The van der Waals surface area contributed by atoms with Crippen LogP contribution in [0.3, 0.4) is 0 Å². The highest BCUT2D eigenvalue weighted by molar-refractivity contribution is 7.99. The lowest BCUT2D eigenvalue weighted by Crippen LogP contribution is -2.48. The van der Waals surface area contributed by atoms with Crippen molar-refractivity contribution in [2.45, 2.75) is 24.8 Å². The maximum atomic E-state index is 13.2. The van der Waals surface area contributed by atoms with E-state index in [2.05, 4.69) is 5.32 Å². The van der Waals surface area contributed by atoms with Gasteiger partial charge in [-0.2, -0.15) is 0 Å². The van der Waals surface area contributed by atoms with E-state index < -0.39 is 6.04 Å². The Hall–Kier alpha value is -1.50. The smallest absolute Gasteiger partial charge is 0.257 e. The fraction of sp³-hybridized carbons (Fsp3) is 0.333. The van der Waals surface area contributed by atoms with Gasteiger partial charge in [-0.15, -0.1) is 23.1 Å². The van der Waals surface area contributed by atoms with E-state index in [1.807, 2.05) is 24.4 Å². The molecular weight excluding hydrogens is 376 g/mol. The van der Waals surface area contributed by atoms with Crippen LogP contribution in [-0.4, -0.2) is 35.1 Å². The number of benzene rings is 1. The van der Waals surface area contributed by atoms with Gasteiger partial charge in [-0.3, -0.25) is 9.59 Å². The molecule has 1 aliphatic heterocycles. The van der Waals surface area contributed by atoms with E-state index in [9.17, 15) is 9.59 Å². The molecule has 132 valence electrons. The molecule has 1 aliphatic rings. The highest BCUT2D eigenvalue weighted by atomic mass is 35.5. The van der Waals surface area contributed by atoms with Crippen LogP contribution in [0.1, 0.15) is 34.0 Å². The Morgan fingerprint density at radius 3 is 2.76 bits per heavy atom. The number of carbonyl (C=O) groups is 2. The second kappa shape index (κ2) is 8.25. The van der Waals surface area contributed by atoms with Gasteiger partial charge in [-0.25, -0.2) is 0 Å². The third kappa shape index (κ3) is 3.86. The molecule has 2 atom stereocenters. The molecular formula is C18H19ClN2O2S2. The van der Waals surface area contributed by atoms with Crippen molar-refractivity contribution in [3.63, 3.8) is 0 Å². The molecule has 0 saturated carbocycles. The quantitative estimate of drug-likeness (QED) is 0.827. The number of hydrogen-bond donors (Lipinski definition) is 1. The summed E-state index contributed by atoms with van der Waals surface area (Å²) in [6.07, 6.45) is 0.860. The summed E-state index contributed by atoms with van der Waals surface area (Å²) in [7, 11) is 0. The van der Waals surface area contributed by atoms with Gasteiger partial charge in [-0.1, -0.05) is 36.7 Å². The Morgan fingerprint density at radius 1 is 1.28 bits per heavy atom. The average molecular weight is 395 g/mol. The molecule has 1 saturated heterocycles. The maximum absolute atomic E-state index is 13.2. The van der Waals surface area contributed by atoms with Crippen LogP contribution >= 0.6 is 34.7 Å². The highest BCUT2D eigenvalue weighted by Gasteiger charge is 2.43. The zero-order chi connectivity index (χ0) is 17.8. The molecule has 1 N–H and O–H groups in total. The van der Waals surface area contributed by atoms with Crippen molar-refractivity contribution >= 4 is 46.5 Å². The minimum atomic E-state index is -0.493. The summed E-state index contributed by atoms with van der Waals surface area (Å²) in [6.45, 7) is 2.61. The van der Waals surface area contributed by atoms with Crippen LogP contribution in [0.4, 0.5) is 0 Å². The van der Waals surface area contributed by atoms with Crippen molar-refractivity contribution in [3.05, 3.63) is 57.2 Å². The number of carbonyl (C=O) groups excluding carboxylic acids is 2. The molecule has 2 amide bonds. The van der Waals surface area contributed by atoms with E-state index >= 15 is 0 Å². The van der Waals surface area contributed by atoms with E-state index in [4.69, 9.17) is 11.6 Å². The van der Waals surface area contributed by atoms with E-state index in [1.54, 1.807) is 52.3 Å². The molecule has 1 aromatic carbocycles. The minimum absolute atomic E-state index is 0.103. The molecule has 0 aliphatic carbocycles. The van der Waals surface area contributed by atoms with Crippen molar-refractivity contribution in [2.24, 2.45) is 0 Å². The van der Waals surface area contributed by atoms with Crippen molar-refractivity contribution in [2.75, 3.05) is 12.3 Å². The maximum Gasteiger partial charge on any atom is 0.257 e. The van der Waals surface area contributed by atoms with Gasteiger partial charge in [0.25, 0.3) is 5.91 Å². The third-order valence-corrected chi connectivity index (χ3v) is 6.69. The van der Waals surface area contributed by atoms with Crippen LogP contribution < -0.4 is 5.32 Å². The van der Waals surface area contributed by atoms with Crippen molar-refractivity contribution in [1.29, 1.82) is 0 Å². The lowest BCUT2D eigenvalue weighted by Gasteiger charge is -2.28. The van der Waals surface area contributed by atoms with E-state index in [-0.39, 0.29) is 17.2 Å². The first kappa shape index (κ1) is 18.3. The standard InChI is InChI=1S/C18H19ClN2O2S2/c1-2-9-20-16(22)14-11-25-18(15-8-5-10-24-15)21(14)17(23)12-6-3-4-7-13(12)19/h3-8,10,14,18H,2,9,11H2,1H3,(H,20,22).